The van der Waals surface area contributed by atoms with E-state index in [0.717, 1.165) is 0 Å². The van der Waals surface area contributed by atoms with Crippen LogP contribution in [0.15, 0.2) is 22.5 Å². The van der Waals surface area contributed by atoms with Gasteiger partial charge in [0.1, 0.15) is 0 Å². The summed E-state index contributed by atoms with van der Waals surface area (Å²) in [6.45, 7) is 6.74. The maximum atomic E-state index is 2.40. The molecule has 1 aliphatic rings. The number of hydrogen-bond donors (Lipinski definition) is 0. The molecule has 1 heterocycles. The highest BCUT2D eigenvalue weighted by atomic mass is 32.2. The van der Waals surface area contributed by atoms with E-state index in [2.05, 4.69) is 38.3 Å². The first-order chi connectivity index (χ1) is 5.24. The van der Waals surface area contributed by atoms with Crippen LogP contribution in [0.1, 0.15) is 27.2 Å². The fraction of sp³-hybridized carbons (Fsp3) is 0.600. The van der Waals surface area contributed by atoms with Crippen molar-refractivity contribution >= 4 is 11.8 Å². The molecule has 11 heavy (non-hydrogen) atoms. The number of hydrogen-bond acceptors (Lipinski definition) is 1. The Bertz CT molecular complexity index is 177. The van der Waals surface area contributed by atoms with Gasteiger partial charge in [-0.15, -0.1) is 11.8 Å². The molecule has 0 aromatic rings. The van der Waals surface area contributed by atoms with Crippen molar-refractivity contribution < 1.29 is 0 Å². The molecule has 0 nitrogen and oxygen atoms in total. The molecule has 0 aliphatic carbocycles. The van der Waals surface area contributed by atoms with E-state index in [1.807, 2.05) is 11.8 Å². The largest absolute Gasteiger partial charge is 0.103 e. The van der Waals surface area contributed by atoms with Crippen molar-refractivity contribution in [1.29, 1.82) is 0 Å². The second-order valence-corrected chi connectivity index (χ2v) is 4.22. The summed E-state index contributed by atoms with van der Waals surface area (Å²) in [6.07, 6.45) is 5.92. The minimum absolute atomic E-state index is 0.689. The minimum Gasteiger partial charge on any atom is -0.103 e. The molecule has 0 saturated carbocycles. The van der Waals surface area contributed by atoms with Crippen LogP contribution in [0.4, 0.5) is 0 Å². The van der Waals surface area contributed by atoms with Crippen LogP contribution in [0.25, 0.3) is 0 Å². The van der Waals surface area contributed by atoms with Gasteiger partial charge in [-0.2, -0.15) is 0 Å². The van der Waals surface area contributed by atoms with Crippen molar-refractivity contribution in [2.75, 3.05) is 0 Å². The zero-order valence-electron chi connectivity index (χ0n) is 7.50. The van der Waals surface area contributed by atoms with Crippen LogP contribution >= 0.6 is 11.8 Å². The van der Waals surface area contributed by atoms with Gasteiger partial charge in [0.25, 0.3) is 0 Å². The molecule has 0 radical (unpaired) electrons. The lowest BCUT2D eigenvalue weighted by Gasteiger charge is -2.16. The molecule has 1 heteroatoms. The first-order valence-corrected chi connectivity index (χ1v) is 5.17. The van der Waals surface area contributed by atoms with E-state index in [4.69, 9.17) is 0 Å². The van der Waals surface area contributed by atoms with Crippen LogP contribution in [0.2, 0.25) is 0 Å². The molecule has 62 valence electrons. The maximum absolute atomic E-state index is 2.40. The quantitative estimate of drug-likeness (QED) is 0.604. The summed E-state index contributed by atoms with van der Waals surface area (Å²) in [6, 6.07) is 0. The summed E-state index contributed by atoms with van der Waals surface area (Å²) in [5.41, 5.74) is 0. The topological polar surface area (TPSA) is 0 Å². The van der Waals surface area contributed by atoms with Gasteiger partial charge in [0.05, 0.1) is 0 Å². The van der Waals surface area contributed by atoms with Crippen molar-refractivity contribution in [3.63, 3.8) is 0 Å². The Labute approximate surface area is 73.8 Å². The third kappa shape index (κ3) is 2.41. The van der Waals surface area contributed by atoms with Crippen LogP contribution in [0.5, 0.6) is 0 Å². The Hall–Kier alpha value is -0.170. The Kier molecular flexibility index (Phi) is 3.25. The SMILES string of the molecule is CCC1C=CSC(C(C)C)=C1. The highest BCUT2D eigenvalue weighted by molar-refractivity contribution is 8.05. The lowest BCUT2D eigenvalue weighted by atomic mass is 10.0. The molecular formula is C10H16S. The highest BCUT2D eigenvalue weighted by Gasteiger charge is 2.09. The van der Waals surface area contributed by atoms with E-state index in [0.29, 0.717) is 11.8 Å². The monoisotopic (exact) mass is 168 g/mol. The number of allylic oxidation sites excluding steroid dienone is 3. The van der Waals surface area contributed by atoms with Gasteiger partial charge in [-0.3, -0.25) is 0 Å². The van der Waals surface area contributed by atoms with Crippen LogP contribution in [0, 0.1) is 11.8 Å². The molecule has 1 aliphatic heterocycles. The van der Waals surface area contributed by atoms with Crippen LogP contribution < -0.4 is 0 Å². The van der Waals surface area contributed by atoms with E-state index in [-0.39, 0.29) is 0 Å². The molecule has 0 spiro atoms. The van der Waals surface area contributed by atoms with Gasteiger partial charge < -0.3 is 0 Å². The predicted octanol–water partition coefficient (Wildman–Crippen LogP) is 3.81. The van der Waals surface area contributed by atoms with E-state index in [1.54, 1.807) is 0 Å². The van der Waals surface area contributed by atoms with Gasteiger partial charge in [-0.05, 0) is 28.6 Å². The second kappa shape index (κ2) is 4.01. The third-order valence-corrected chi connectivity index (χ3v) is 3.12. The van der Waals surface area contributed by atoms with Crippen molar-refractivity contribution in [1.82, 2.24) is 0 Å². The minimum atomic E-state index is 0.689. The Morgan fingerprint density at radius 2 is 2.27 bits per heavy atom. The summed E-state index contributed by atoms with van der Waals surface area (Å²) in [5.74, 6) is 1.38. The van der Waals surface area contributed by atoms with Crippen LogP contribution in [-0.4, -0.2) is 0 Å². The maximum Gasteiger partial charge on any atom is -0.00367 e. The smallest absolute Gasteiger partial charge is 0.00367 e. The lowest BCUT2D eigenvalue weighted by molar-refractivity contribution is 0.740. The summed E-state index contributed by atoms with van der Waals surface area (Å²) in [4.78, 5) is 1.53. The predicted molar refractivity (Wildman–Crippen MR) is 53.4 cm³/mol. The zero-order valence-corrected chi connectivity index (χ0v) is 8.32. The van der Waals surface area contributed by atoms with Crippen molar-refractivity contribution in [2.24, 2.45) is 11.8 Å². The van der Waals surface area contributed by atoms with E-state index < -0.39 is 0 Å². The average Bonchev–Trinajstić information content (AvgIpc) is 2.05. The Morgan fingerprint density at radius 3 is 2.82 bits per heavy atom. The van der Waals surface area contributed by atoms with Gasteiger partial charge in [-0.25, -0.2) is 0 Å². The summed E-state index contributed by atoms with van der Waals surface area (Å²) in [7, 11) is 0. The first kappa shape index (κ1) is 8.92. The van der Waals surface area contributed by atoms with E-state index in [9.17, 15) is 0 Å². The van der Waals surface area contributed by atoms with Gasteiger partial charge in [0.15, 0.2) is 0 Å². The average molecular weight is 168 g/mol. The van der Waals surface area contributed by atoms with Crippen molar-refractivity contribution in [2.45, 2.75) is 27.2 Å². The van der Waals surface area contributed by atoms with Gasteiger partial charge in [0.2, 0.25) is 0 Å². The first-order valence-electron chi connectivity index (χ1n) is 4.29. The van der Waals surface area contributed by atoms with Crippen LogP contribution in [-0.2, 0) is 0 Å². The third-order valence-electron chi connectivity index (χ3n) is 1.95. The number of rotatable bonds is 2. The zero-order chi connectivity index (χ0) is 8.27. The van der Waals surface area contributed by atoms with E-state index >= 15 is 0 Å². The molecule has 1 atom stereocenters. The highest BCUT2D eigenvalue weighted by Crippen LogP contribution is 2.31. The van der Waals surface area contributed by atoms with Gasteiger partial charge in [-0.1, -0.05) is 32.9 Å². The fourth-order valence-electron chi connectivity index (χ4n) is 1.11. The van der Waals surface area contributed by atoms with E-state index in [1.165, 1.54) is 11.3 Å². The summed E-state index contributed by atoms with van der Waals surface area (Å²) in [5, 5.41) is 2.23. The molecule has 0 saturated heterocycles. The van der Waals surface area contributed by atoms with Crippen molar-refractivity contribution in [3.8, 4) is 0 Å². The van der Waals surface area contributed by atoms with Crippen molar-refractivity contribution in [3.05, 3.63) is 22.5 Å². The molecule has 0 bridgehead atoms. The summed E-state index contributed by atoms with van der Waals surface area (Å²) >= 11 is 1.87. The second-order valence-electron chi connectivity index (χ2n) is 3.24. The molecule has 0 aromatic carbocycles. The van der Waals surface area contributed by atoms with Crippen LogP contribution in [0.3, 0.4) is 0 Å². The molecule has 0 amide bonds. The lowest BCUT2D eigenvalue weighted by Crippen LogP contribution is -1.98. The Balaban J connectivity index is 2.61. The summed E-state index contributed by atoms with van der Waals surface area (Å²) < 4.78 is 0. The Morgan fingerprint density at radius 1 is 1.55 bits per heavy atom. The molecule has 1 rings (SSSR count). The standard InChI is InChI=1S/C10H16S/c1-4-9-5-6-11-10(7-9)8(2)3/h5-9H,4H2,1-3H3. The van der Waals surface area contributed by atoms with Gasteiger partial charge >= 0.3 is 0 Å². The molecule has 1 unspecified atom stereocenters. The molecule has 0 aromatic heterocycles. The molecule has 0 fully saturated rings. The normalized spacial score (nSPS) is 24.0. The molecular weight excluding hydrogens is 152 g/mol. The van der Waals surface area contributed by atoms with Gasteiger partial charge in [0, 0.05) is 0 Å². The molecule has 0 N–H and O–H groups in total. The fourth-order valence-corrected chi connectivity index (χ4v) is 2.07. The number of thioether (sulfide) groups is 1.